The third-order valence-electron chi connectivity index (χ3n) is 3.86. The molecule has 0 heterocycles. The summed E-state index contributed by atoms with van der Waals surface area (Å²) in [6.45, 7) is 4.46. The van der Waals surface area contributed by atoms with E-state index in [1.165, 1.54) is 13.3 Å². The molecule has 0 bridgehead atoms. The summed E-state index contributed by atoms with van der Waals surface area (Å²) >= 11 is 2.07. The Morgan fingerprint density at radius 3 is 2.52 bits per heavy atom. The standard InChI is InChI=1S/C22H25IN2O6/c1-4-10-30-17-8-6-16(7-9-17)22(27)25-24-13-15-11-18(23)21(19(12-15)28-3)31-14-20(26)29-5-2/h6-9,11-13H,4-5,10,14H2,1-3H3,(H,25,27)/b24-13-. The van der Waals surface area contributed by atoms with Crippen LogP contribution in [-0.4, -0.2) is 45.0 Å². The number of carbonyl (C=O) groups excluding carboxylic acids is 2. The molecule has 2 aromatic carbocycles. The summed E-state index contributed by atoms with van der Waals surface area (Å²) in [5.74, 6) is 0.788. The van der Waals surface area contributed by atoms with E-state index in [1.54, 1.807) is 43.3 Å². The summed E-state index contributed by atoms with van der Waals surface area (Å²) in [5.41, 5.74) is 3.65. The van der Waals surface area contributed by atoms with Gasteiger partial charge in [-0.1, -0.05) is 6.92 Å². The summed E-state index contributed by atoms with van der Waals surface area (Å²) < 4.78 is 22.0. The Hall–Kier alpha value is -2.82. The van der Waals surface area contributed by atoms with Crippen LogP contribution in [0.15, 0.2) is 41.5 Å². The van der Waals surface area contributed by atoms with Crippen LogP contribution in [0.5, 0.6) is 17.2 Å². The van der Waals surface area contributed by atoms with Crippen molar-refractivity contribution in [2.24, 2.45) is 5.10 Å². The van der Waals surface area contributed by atoms with E-state index >= 15 is 0 Å². The van der Waals surface area contributed by atoms with Crippen molar-refractivity contribution >= 4 is 40.7 Å². The largest absolute Gasteiger partial charge is 0.494 e. The highest BCUT2D eigenvalue weighted by Gasteiger charge is 2.13. The van der Waals surface area contributed by atoms with Gasteiger partial charge in [0.05, 0.1) is 30.1 Å². The molecule has 0 saturated carbocycles. The number of nitrogens with zero attached hydrogens (tertiary/aromatic N) is 1. The average molecular weight is 540 g/mol. The maximum absolute atomic E-state index is 12.3. The number of hydrogen-bond donors (Lipinski definition) is 1. The summed E-state index contributed by atoms with van der Waals surface area (Å²) in [7, 11) is 1.50. The molecule has 0 aliphatic carbocycles. The van der Waals surface area contributed by atoms with Crippen LogP contribution in [0.25, 0.3) is 0 Å². The summed E-state index contributed by atoms with van der Waals surface area (Å²) in [6.07, 6.45) is 2.41. The lowest BCUT2D eigenvalue weighted by Gasteiger charge is -2.13. The fraction of sp³-hybridized carbons (Fsp3) is 0.318. The second-order valence-electron chi connectivity index (χ2n) is 6.20. The van der Waals surface area contributed by atoms with Crippen molar-refractivity contribution < 1.29 is 28.5 Å². The Balaban J connectivity index is 2.00. The highest BCUT2D eigenvalue weighted by Crippen LogP contribution is 2.33. The van der Waals surface area contributed by atoms with Crippen molar-refractivity contribution in [2.45, 2.75) is 20.3 Å². The predicted octanol–water partition coefficient (Wildman–Crippen LogP) is 3.79. The highest BCUT2D eigenvalue weighted by molar-refractivity contribution is 14.1. The summed E-state index contributed by atoms with van der Waals surface area (Å²) in [6, 6.07) is 10.3. The van der Waals surface area contributed by atoms with E-state index in [1.807, 2.05) is 6.92 Å². The first-order valence-electron chi connectivity index (χ1n) is 9.70. The smallest absolute Gasteiger partial charge is 0.344 e. The Morgan fingerprint density at radius 2 is 1.87 bits per heavy atom. The molecule has 31 heavy (non-hydrogen) atoms. The van der Waals surface area contributed by atoms with Crippen molar-refractivity contribution in [3.8, 4) is 17.2 Å². The van der Waals surface area contributed by atoms with E-state index < -0.39 is 5.97 Å². The zero-order valence-electron chi connectivity index (χ0n) is 17.6. The number of carbonyl (C=O) groups is 2. The molecule has 1 N–H and O–H groups in total. The molecular formula is C22H25IN2O6. The predicted molar refractivity (Wildman–Crippen MR) is 125 cm³/mol. The van der Waals surface area contributed by atoms with Gasteiger partial charge in [0, 0.05) is 5.56 Å². The van der Waals surface area contributed by atoms with Gasteiger partial charge >= 0.3 is 5.97 Å². The number of hydrazone groups is 1. The minimum Gasteiger partial charge on any atom is -0.494 e. The molecule has 0 aromatic heterocycles. The first kappa shape index (κ1) is 24.4. The molecule has 0 spiro atoms. The number of esters is 1. The molecule has 0 unspecified atom stereocenters. The van der Waals surface area contributed by atoms with Crippen LogP contribution < -0.4 is 19.6 Å². The number of rotatable bonds is 11. The highest BCUT2D eigenvalue weighted by atomic mass is 127. The van der Waals surface area contributed by atoms with Gasteiger partial charge in [0.2, 0.25) is 0 Å². The van der Waals surface area contributed by atoms with Gasteiger partial charge in [0.15, 0.2) is 18.1 Å². The summed E-state index contributed by atoms with van der Waals surface area (Å²) in [4.78, 5) is 23.8. The Bertz CT molecular complexity index is 915. The minimum atomic E-state index is -0.460. The van der Waals surface area contributed by atoms with Crippen LogP contribution in [0.1, 0.15) is 36.2 Å². The van der Waals surface area contributed by atoms with E-state index in [4.69, 9.17) is 18.9 Å². The maximum Gasteiger partial charge on any atom is 0.344 e. The maximum atomic E-state index is 12.3. The third-order valence-corrected chi connectivity index (χ3v) is 4.66. The molecule has 0 fully saturated rings. The zero-order chi connectivity index (χ0) is 22.6. The molecule has 1 amide bonds. The SMILES string of the molecule is CCCOc1ccc(C(=O)N/N=C\c2cc(I)c(OCC(=O)OCC)c(OC)c2)cc1. The quantitative estimate of drug-likeness (QED) is 0.202. The normalized spacial score (nSPS) is 10.6. The van der Waals surface area contributed by atoms with E-state index in [9.17, 15) is 9.59 Å². The molecule has 0 aliphatic heterocycles. The van der Waals surface area contributed by atoms with Crippen molar-refractivity contribution in [2.75, 3.05) is 26.9 Å². The Labute approximate surface area is 195 Å². The molecule has 166 valence electrons. The number of amides is 1. The number of methoxy groups -OCH3 is 1. The molecule has 0 atom stereocenters. The number of benzene rings is 2. The Kier molecular flexibility index (Phi) is 10.1. The number of ether oxygens (including phenoxy) is 4. The number of nitrogens with one attached hydrogen (secondary N) is 1. The zero-order valence-corrected chi connectivity index (χ0v) is 19.8. The molecule has 2 rings (SSSR count). The van der Waals surface area contributed by atoms with Gasteiger partial charge in [-0.2, -0.15) is 5.10 Å². The second kappa shape index (κ2) is 12.8. The van der Waals surface area contributed by atoms with Crippen molar-refractivity contribution in [3.63, 3.8) is 0 Å². The van der Waals surface area contributed by atoms with Gasteiger partial charge in [-0.05, 0) is 77.9 Å². The molecule has 2 aromatic rings. The van der Waals surface area contributed by atoms with Gasteiger partial charge < -0.3 is 18.9 Å². The lowest BCUT2D eigenvalue weighted by atomic mass is 10.2. The van der Waals surface area contributed by atoms with E-state index in [2.05, 4.69) is 33.1 Å². The van der Waals surface area contributed by atoms with Gasteiger partial charge in [-0.15, -0.1) is 0 Å². The van der Waals surface area contributed by atoms with Crippen molar-refractivity contribution in [3.05, 3.63) is 51.1 Å². The molecule has 0 aliphatic rings. The molecule has 8 nitrogen and oxygen atoms in total. The van der Waals surface area contributed by atoms with E-state index in [0.717, 1.165) is 9.99 Å². The third kappa shape index (κ3) is 7.74. The summed E-state index contributed by atoms with van der Waals surface area (Å²) in [5, 5.41) is 4.01. The van der Waals surface area contributed by atoms with Gasteiger partial charge in [-0.3, -0.25) is 4.79 Å². The van der Waals surface area contributed by atoms with Crippen LogP contribution in [0.2, 0.25) is 0 Å². The van der Waals surface area contributed by atoms with Crippen LogP contribution in [-0.2, 0) is 9.53 Å². The number of hydrogen-bond acceptors (Lipinski definition) is 7. The topological polar surface area (TPSA) is 95.5 Å². The van der Waals surface area contributed by atoms with Crippen LogP contribution in [0.4, 0.5) is 0 Å². The minimum absolute atomic E-state index is 0.216. The molecule has 9 heteroatoms. The molecule has 0 radical (unpaired) electrons. The van der Waals surface area contributed by atoms with E-state index in [-0.39, 0.29) is 19.1 Å². The van der Waals surface area contributed by atoms with Gasteiger partial charge in [-0.25, -0.2) is 10.2 Å². The van der Waals surface area contributed by atoms with E-state index in [0.29, 0.717) is 35.0 Å². The Morgan fingerprint density at radius 1 is 1.13 bits per heavy atom. The fourth-order valence-electron chi connectivity index (χ4n) is 2.44. The first-order valence-corrected chi connectivity index (χ1v) is 10.8. The molecular weight excluding hydrogens is 515 g/mol. The molecule has 0 saturated heterocycles. The van der Waals surface area contributed by atoms with Crippen LogP contribution in [0.3, 0.4) is 0 Å². The lowest BCUT2D eigenvalue weighted by molar-refractivity contribution is -0.145. The van der Waals surface area contributed by atoms with Crippen molar-refractivity contribution in [1.29, 1.82) is 0 Å². The first-order chi connectivity index (χ1) is 15.0. The van der Waals surface area contributed by atoms with Crippen LogP contribution >= 0.6 is 22.6 Å². The van der Waals surface area contributed by atoms with Crippen LogP contribution in [0, 0.1) is 3.57 Å². The monoisotopic (exact) mass is 540 g/mol. The van der Waals surface area contributed by atoms with Gasteiger partial charge in [0.25, 0.3) is 5.91 Å². The number of halogens is 1. The lowest BCUT2D eigenvalue weighted by Crippen LogP contribution is -2.17. The second-order valence-corrected chi connectivity index (χ2v) is 7.36. The fourth-order valence-corrected chi connectivity index (χ4v) is 3.22. The van der Waals surface area contributed by atoms with Crippen molar-refractivity contribution in [1.82, 2.24) is 5.43 Å². The van der Waals surface area contributed by atoms with Gasteiger partial charge in [0.1, 0.15) is 5.75 Å². The average Bonchev–Trinajstić information content (AvgIpc) is 2.77.